The third-order valence-electron chi connectivity index (χ3n) is 4.77. The number of fused-ring (bicyclic) bond motifs is 2. The van der Waals surface area contributed by atoms with E-state index in [0.29, 0.717) is 26.7 Å². The zero-order chi connectivity index (χ0) is 19.4. The Morgan fingerprint density at radius 1 is 1.14 bits per heavy atom. The second kappa shape index (κ2) is 6.25. The number of benzene rings is 2. The second-order valence-electron chi connectivity index (χ2n) is 6.52. The van der Waals surface area contributed by atoms with Crippen molar-refractivity contribution in [1.82, 2.24) is 10.2 Å². The molecule has 138 valence electrons. The third kappa shape index (κ3) is 2.47. The summed E-state index contributed by atoms with van der Waals surface area (Å²) >= 11 is 7.25. The monoisotopic (exact) mass is 409 g/mol. The van der Waals surface area contributed by atoms with Crippen LogP contribution in [0.2, 0.25) is 5.02 Å². The maximum absolute atomic E-state index is 13.4. The molecule has 1 atom stereocenters. The van der Waals surface area contributed by atoms with Gasteiger partial charge in [0, 0.05) is 5.02 Å². The van der Waals surface area contributed by atoms with Gasteiger partial charge in [-0.3, -0.25) is 14.5 Å². The van der Waals surface area contributed by atoms with Gasteiger partial charge in [0.2, 0.25) is 10.9 Å². The number of carbonyl (C=O) groups excluding carboxylic acids is 1. The fraction of sp³-hybridized carbons (Fsp3) is 0.100. The molecule has 0 spiro atoms. The maximum Gasteiger partial charge on any atom is 0.297 e. The van der Waals surface area contributed by atoms with Crippen molar-refractivity contribution in [3.8, 4) is 0 Å². The van der Waals surface area contributed by atoms with Crippen molar-refractivity contribution in [2.45, 2.75) is 13.0 Å². The molecule has 0 radical (unpaired) electrons. The van der Waals surface area contributed by atoms with Gasteiger partial charge in [-0.1, -0.05) is 46.7 Å². The minimum atomic E-state index is -0.658. The van der Waals surface area contributed by atoms with Crippen LogP contribution in [-0.2, 0) is 0 Å². The molecule has 0 bridgehead atoms. The lowest BCUT2D eigenvalue weighted by molar-refractivity contribution is 0.0970. The Balaban J connectivity index is 1.83. The summed E-state index contributed by atoms with van der Waals surface area (Å²) in [6, 6.07) is 11.7. The van der Waals surface area contributed by atoms with E-state index in [-0.39, 0.29) is 11.2 Å². The lowest BCUT2D eigenvalue weighted by atomic mass is 9.98. The van der Waals surface area contributed by atoms with Crippen LogP contribution in [0.3, 0.4) is 0 Å². The molecule has 1 aliphatic heterocycles. The summed E-state index contributed by atoms with van der Waals surface area (Å²) in [5.74, 6) is -0.372. The van der Waals surface area contributed by atoms with Gasteiger partial charge in [-0.2, -0.15) is 0 Å². The lowest BCUT2D eigenvalue weighted by Crippen LogP contribution is -2.29. The zero-order valence-electron chi connectivity index (χ0n) is 14.5. The van der Waals surface area contributed by atoms with Crippen LogP contribution in [-0.4, -0.2) is 16.1 Å². The molecule has 4 aromatic rings. The highest BCUT2D eigenvalue weighted by atomic mass is 35.5. The van der Waals surface area contributed by atoms with Crippen LogP contribution in [0, 0.1) is 6.92 Å². The van der Waals surface area contributed by atoms with Crippen LogP contribution in [0.15, 0.2) is 57.2 Å². The van der Waals surface area contributed by atoms with Gasteiger partial charge in [-0.25, -0.2) is 0 Å². The van der Waals surface area contributed by atoms with Gasteiger partial charge in [-0.15, -0.1) is 10.2 Å². The summed E-state index contributed by atoms with van der Waals surface area (Å²) in [7, 11) is 0. The van der Waals surface area contributed by atoms with E-state index in [9.17, 15) is 9.59 Å². The van der Waals surface area contributed by atoms with Crippen LogP contribution >= 0.6 is 22.9 Å². The van der Waals surface area contributed by atoms with Gasteiger partial charge in [0.05, 0.1) is 17.0 Å². The first-order chi connectivity index (χ1) is 13.5. The molecule has 0 unspecified atom stereocenters. The molecule has 0 saturated carbocycles. The molecule has 3 heterocycles. The van der Waals surface area contributed by atoms with Crippen molar-refractivity contribution in [3.05, 3.63) is 85.7 Å². The summed E-state index contributed by atoms with van der Waals surface area (Å²) in [6.45, 7) is 1.90. The van der Waals surface area contributed by atoms with Crippen LogP contribution in [0.4, 0.5) is 5.13 Å². The fourth-order valence-electron chi connectivity index (χ4n) is 3.52. The van der Waals surface area contributed by atoms with Gasteiger partial charge in [-0.05, 0) is 36.8 Å². The Kier molecular flexibility index (Phi) is 3.82. The second-order valence-corrected chi connectivity index (χ2v) is 7.77. The predicted octanol–water partition coefficient (Wildman–Crippen LogP) is 4.36. The van der Waals surface area contributed by atoms with Gasteiger partial charge in [0.15, 0.2) is 5.43 Å². The summed E-state index contributed by atoms with van der Waals surface area (Å²) in [5, 5.41) is 9.30. The molecule has 6 nitrogen and oxygen atoms in total. The van der Waals surface area contributed by atoms with Crippen LogP contribution < -0.4 is 10.3 Å². The van der Waals surface area contributed by atoms with Crippen LogP contribution in [0.25, 0.3) is 11.0 Å². The van der Waals surface area contributed by atoms with Crippen molar-refractivity contribution >= 4 is 44.9 Å². The van der Waals surface area contributed by atoms with E-state index < -0.39 is 11.9 Å². The minimum absolute atomic E-state index is 0.0384. The standard InChI is InChI=1S/C20H12ClN3O3S/c1-10-2-7-14-13(8-10)17(25)15-16(11-3-5-12(21)6-4-11)24(19(26)18(15)27-14)20-23-22-9-28-20/h2-9,16H,1H3/t16-/m1/s1. The first-order valence-corrected chi connectivity index (χ1v) is 9.73. The highest BCUT2D eigenvalue weighted by molar-refractivity contribution is 7.13. The van der Waals surface area contributed by atoms with E-state index in [2.05, 4.69) is 10.2 Å². The van der Waals surface area contributed by atoms with E-state index >= 15 is 0 Å². The van der Waals surface area contributed by atoms with Gasteiger partial charge >= 0.3 is 0 Å². The van der Waals surface area contributed by atoms with Crippen molar-refractivity contribution in [3.63, 3.8) is 0 Å². The maximum atomic E-state index is 13.4. The van der Waals surface area contributed by atoms with Crippen LogP contribution in [0.1, 0.15) is 33.3 Å². The average molecular weight is 410 g/mol. The molecular weight excluding hydrogens is 398 g/mol. The Bertz CT molecular complexity index is 1280. The van der Waals surface area contributed by atoms with Gasteiger partial charge < -0.3 is 4.42 Å². The highest BCUT2D eigenvalue weighted by Crippen LogP contribution is 2.41. The molecule has 0 saturated heterocycles. The first-order valence-electron chi connectivity index (χ1n) is 8.47. The number of anilines is 1. The number of aromatic nitrogens is 2. The summed E-state index contributed by atoms with van der Waals surface area (Å²) in [6.07, 6.45) is 0. The molecule has 0 N–H and O–H groups in total. The molecule has 2 aromatic carbocycles. The molecule has 8 heteroatoms. The minimum Gasteiger partial charge on any atom is -0.450 e. The van der Waals surface area contributed by atoms with Crippen LogP contribution in [0.5, 0.6) is 0 Å². The van der Waals surface area contributed by atoms with Crippen molar-refractivity contribution in [2.24, 2.45) is 0 Å². The number of amides is 1. The first kappa shape index (κ1) is 17.1. The van der Waals surface area contributed by atoms with Crippen molar-refractivity contribution in [1.29, 1.82) is 0 Å². The number of hydrogen-bond donors (Lipinski definition) is 0. The predicted molar refractivity (Wildman–Crippen MR) is 107 cm³/mol. The number of carbonyl (C=O) groups is 1. The number of nitrogens with zero attached hydrogens (tertiary/aromatic N) is 3. The number of rotatable bonds is 2. The Hall–Kier alpha value is -3.03. The quantitative estimate of drug-likeness (QED) is 0.491. The molecule has 1 aliphatic rings. The molecule has 5 rings (SSSR count). The van der Waals surface area contributed by atoms with Gasteiger partial charge in [0.1, 0.15) is 11.1 Å². The van der Waals surface area contributed by atoms with E-state index in [1.54, 1.807) is 41.9 Å². The third-order valence-corrected chi connectivity index (χ3v) is 5.71. The van der Waals surface area contributed by atoms with Crippen molar-refractivity contribution < 1.29 is 9.21 Å². The van der Waals surface area contributed by atoms with E-state index in [1.807, 2.05) is 13.0 Å². The topological polar surface area (TPSA) is 76.3 Å². The molecule has 28 heavy (non-hydrogen) atoms. The van der Waals surface area contributed by atoms with E-state index in [1.165, 1.54) is 16.2 Å². The Morgan fingerprint density at radius 2 is 1.93 bits per heavy atom. The summed E-state index contributed by atoms with van der Waals surface area (Å²) in [4.78, 5) is 28.1. The zero-order valence-corrected chi connectivity index (χ0v) is 16.1. The summed E-state index contributed by atoms with van der Waals surface area (Å²) < 4.78 is 5.90. The smallest absolute Gasteiger partial charge is 0.297 e. The molecule has 0 aliphatic carbocycles. The van der Waals surface area contributed by atoms with Gasteiger partial charge in [0.25, 0.3) is 5.91 Å². The SMILES string of the molecule is Cc1ccc2oc3c(c(=O)c2c1)[C@@H](c1ccc(Cl)cc1)N(c1nncs1)C3=O. The largest absolute Gasteiger partial charge is 0.450 e. The number of aryl methyl sites for hydroxylation is 1. The normalized spacial score (nSPS) is 16.0. The molecule has 1 amide bonds. The molecule has 0 fully saturated rings. The average Bonchev–Trinajstić information content (AvgIpc) is 3.30. The Labute approximate surface area is 168 Å². The Morgan fingerprint density at radius 3 is 2.64 bits per heavy atom. The van der Waals surface area contributed by atoms with Crippen molar-refractivity contribution in [2.75, 3.05) is 4.90 Å². The number of halogens is 1. The number of hydrogen-bond acceptors (Lipinski definition) is 6. The molecular formula is C20H12ClN3O3S. The summed E-state index contributed by atoms with van der Waals surface area (Å²) in [5.41, 5.74) is 3.69. The molecule has 2 aromatic heterocycles. The lowest BCUT2D eigenvalue weighted by Gasteiger charge is -2.22. The fourth-order valence-corrected chi connectivity index (χ4v) is 4.23. The van der Waals surface area contributed by atoms with E-state index in [0.717, 1.165) is 11.1 Å². The van der Waals surface area contributed by atoms with E-state index in [4.69, 9.17) is 16.0 Å². The highest BCUT2D eigenvalue weighted by Gasteiger charge is 2.44.